The van der Waals surface area contributed by atoms with Crippen molar-refractivity contribution in [1.82, 2.24) is 4.90 Å². The molecule has 2 N–H and O–H groups in total. The molecule has 2 heterocycles. The van der Waals surface area contributed by atoms with Crippen molar-refractivity contribution in [3.8, 4) is 0 Å². The van der Waals surface area contributed by atoms with Crippen molar-refractivity contribution in [2.45, 2.75) is 50.7 Å². The predicted octanol–water partition coefficient (Wildman–Crippen LogP) is 2.87. The Morgan fingerprint density at radius 3 is 2.88 bits per heavy atom. The lowest BCUT2D eigenvalue weighted by molar-refractivity contribution is -0.124. The first kappa shape index (κ1) is 17.7. The summed E-state index contributed by atoms with van der Waals surface area (Å²) in [5.74, 6) is 0.811. The molecule has 0 aliphatic carbocycles. The van der Waals surface area contributed by atoms with Crippen molar-refractivity contribution in [2.75, 3.05) is 39.2 Å². The molecule has 0 radical (unpaired) electrons. The van der Waals surface area contributed by atoms with Crippen LogP contribution in [0.1, 0.15) is 43.7 Å². The molecule has 4 heteroatoms. The number of fused-ring (bicyclic) bond motifs is 3. The maximum Gasteiger partial charge on any atom is 0.0901 e. The Labute approximate surface area is 146 Å². The third kappa shape index (κ3) is 2.96. The largest absolute Gasteiger partial charge is 0.396 e. The highest BCUT2D eigenvalue weighted by molar-refractivity contribution is 5.65. The van der Waals surface area contributed by atoms with Gasteiger partial charge in [-0.3, -0.25) is 0 Å². The zero-order chi connectivity index (χ0) is 17.3. The van der Waals surface area contributed by atoms with Crippen LogP contribution in [0.25, 0.3) is 0 Å². The van der Waals surface area contributed by atoms with E-state index in [1.54, 1.807) is 0 Å². The standard InChI is InChI=1S/C20H32N2O2/c1-5-14-7-6-8-16-17-10-12-24-20(2,19(17)21-18(14)16)15(9-11-23)13-22(3)4/h6-8,15,17,19,21,23H,5,9-13H2,1-4H3. The van der Waals surface area contributed by atoms with Gasteiger partial charge in [-0.15, -0.1) is 0 Å². The van der Waals surface area contributed by atoms with Gasteiger partial charge in [0.05, 0.1) is 11.6 Å². The Kier molecular flexibility index (Phi) is 5.19. The fourth-order valence-electron chi connectivity index (χ4n) is 4.72. The van der Waals surface area contributed by atoms with Crippen LogP contribution in [0.5, 0.6) is 0 Å². The number of nitrogens with one attached hydrogen (secondary N) is 1. The number of nitrogens with zero attached hydrogens (tertiary/aromatic N) is 1. The van der Waals surface area contributed by atoms with Crippen molar-refractivity contribution in [3.05, 3.63) is 29.3 Å². The Morgan fingerprint density at radius 2 is 2.21 bits per heavy atom. The molecule has 134 valence electrons. The number of aliphatic hydroxyl groups excluding tert-OH is 1. The van der Waals surface area contributed by atoms with Gasteiger partial charge in [-0.1, -0.05) is 25.1 Å². The van der Waals surface area contributed by atoms with E-state index in [-0.39, 0.29) is 18.2 Å². The number of aliphatic hydroxyl groups is 1. The summed E-state index contributed by atoms with van der Waals surface area (Å²) in [4.78, 5) is 2.21. The molecule has 0 spiro atoms. The molecule has 0 bridgehead atoms. The van der Waals surface area contributed by atoms with Crippen molar-refractivity contribution in [3.63, 3.8) is 0 Å². The molecule has 4 atom stereocenters. The molecule has 0 saturated carbocycles. The predicted molar refractivity (Wildman–Crippen MR) is 98.7 cm³/mol. The molecule has 4 nitrogen and oxygen atoms in total. The number of anilines is 1. The summed E-state index contributed by atoms with van der Waals surface area (Å²) in [6.07, 6.45) is 2.89. The molecule has 0 aromatic heterocycles. The van der Waals surface area contributed by atoms with E-state index in [4.69, 9.17) is 4.74 Å². The van der Waals surface area contributed by atoms with E-state index in [0.29, 0.717) is 11.8 Å². The minimum absolute atomic E-state index is 0.210. The summed E-state index contributed by atoms with van der Waals surface area (Å²) in [6.45, 7) is 6.40. The quantitative estimate of drug-likeness (QED) is 0.841. The van der Waals surface area contributed by atoms with E-state index < -0.39 is 0 Å². The van der Waals surface area contributed by atoms with Crippen LogP contribution < -0.4 is 5.32 Å². The minimum atomic E-state index is -0.264. The monoisotopic (exact) mass is 332 g/mol. The van der Waals surface area contributed by atoms with E-state index in [1.807, 2.05) is 0 Å². The van der Waals surface area contributed by atoms with E-state index in [2.05, 4.69) is 56.4 Å². The van der Waals surface area contributed by atoms with Gasteiger partial charge in [0.15, 0.2) is 0 Å². The lowest BCUT2D eigenvalue weighted by atomic mass is 9.72. The summed E-state index contributed by atoms with van der Waals surface area (Å²) >= 11 is 0. The van der Waals surface area contributed by atoms with Crippen LogP contribution in [0.4, 0.5) is 5.69 Å². The first-order chi connectivity index (χ1) is 11.5. The molecule has 1 aromatic rings. The average molecular weight is 332 g/mol. The number of hydrogen-bond acceptors (Lipinski definition) is 4. The van der Waals surface area contributed by atoms with Crippen LogP contribution in [0, 0.1) is 5.92 Å². The number of rotatable bonds is 6. The van der Waals surface area contributed by atoms with Gasteiger partial charge in [-0.2, -0.15) is 0 Å². The van der Waals surface area contributed by atoms with Crippen LogP contribution in [0.2, 0.25) is 0 Å². The second kappa shape index (κ2) is 7.03. The van der Waals surface area contributed by atoms with E-state index >= 15 is 0 Å². The SMILES string of the molecule is CCc1cccc2c1NC1C2CCOC1(C)C(CCO)CN(C)C. The van der Waals surface area contributed by atoms with Crippen molar-refractivity contribution in [2.24, 2.45) is 5.92 Å². The number of hydrogen-bond donors (Lipinski definition) is 2. The first-order valence-electron chi connectivity index (χ1n) is 9.29. The van der Waals surface area contributed by atoms with Gasteiger partial charge < -0.3 is 20.1 Å². The molecule has 24 heavy (non-hydrogen) atoms. The molecule has 1 saturated heterocycles. The van der Waals surface area contributed by atoms with Gasteiger partial charge in [-0.05, 0) is 51.4 Å². The average Bonchev–Trinajstić information content (AvgIpc) is 2.94. The Morgan fingerprint density at radius 1 is 1.42 bits per heavy atom. The lowest BCUT2D eigenvalue weighted by Gasteiger charge is -2.48. The van der Waals surface area contributed by atoms with Crippen molar-refractivity contribution < 1.29 is 9.84 Å². The van der Waals surface area contributed by atoms with E-state index in [0.717, 1.165) is 32.4 Å². The Balaban J connectivity index is 1.94. The van der Waals surface area contributed by atoms with E-state index in [1.165, 1.54) is 16.8 Å². The second-order valence-electron chi connectivity index (χ2n) is 7.76. The molecule has 1 aromatic carbocycles. The van der Waals surface area contributed by atoms with Crippen molar-refractivity contribution in [1.29, 1.82) is 0 Å². The summed E-state index contributed by atoms with van der Waals surface area (Å²) in [5, 5.41) is 13.4. The fourth-order valence-corrected chi connectivity index (χ4v) is 4.72. The molecule has 4 unspecified atom stereocenters. The highest BCUT2D eigenvalue weighted by atomic mass is 16.5. The third-order valence-corrected chi connectivity index (χ3v) is 6.00. The lowest BCUT2D eigenvalue weighted by Crippen LogP contribution is -2.58. The van der Waals surface area contributed by atoms with Gasteiger partial charge in [0.25, 0.3) is 0 Å². The van der Waals surface area contributed by atoms with Crippen LogP contribution in [0.3, 0.4) is 0 Å². The summed E-state index contributed by atoms with van der Waals surface area (Å²) < 4.78 is 6.40. The molecular formula is C20H32N2O2. The fraction of sp³-hybridized carbons (Fsp3) is 0.700. The Hall–Kier alpha value is -1.10. The van der Waals surface area contributed by atoms with Gasteiger partial charge in [0, 0.05) is 37.3 Å². The summed E-state index contributed by atoms with van der Waals surface area (Å²) in [5.41, 5.74) is 3.93. The highest BCUT2D eigenvalue weighted by Crippen LogP contribution is 2.50. The smallest absolute Gasteiger partial charge is 0.0901 e. The van der Waals surface area contributed by atoms with Crippen LogP contribution >= 0.6 is 0 Å². The second-order valence-corrected chi connectivity index (χ2v) is 7.76. The molecule has 2 aliphatic heterocycles. The maximum atomic E-state index is 9.60. The number of para-hydroxylation sites is 1. The molecule has 0 amide bonds. The van der Waals surface area contributed by atoms with Gasteiger partial charge >= 0.3 is 0 Å². The first-order valence-corrected chi connectivity index (χ1v) is 9.29. The minimum Gasteiger partial charge on any atom is -0.396 e. The van der Waals surface area contributed by atoms with Gasteiger partial charge in [0.1, 0.15) is 0 Å². The highest BCUT2D eigenvalue weighted by Gasteiger charge is 2.52. The number of ether oxygens (including phenoxy) is 1. The molecule has 3 rings (SSSR count). The number of aryl methyl sites for hydroxylation is 1. The maximum absolute atomic E-state index is 9.60. The van der Waals surface area contributed by atoms with Crippen LogP contribution in [-0.4, -0.2) is 55.5 Å². The molecular weight excluding hydrogens is 300 g/mol. The normalized spacial score (nSPS) is 29.9. The Bertz CT molecular complexity index is 575. The van der Waals surface area contributed by atoms with Crippen LogP contribution in [-0.2, 0) is 11.2 Å². The summed E-state index contributed by atoms with van der Waals surface area (Å²) in [7, 11) is 4.19. The van der Waals surface area contributed by atoms with E-state index in [9.17, 15) is 5.11 Å². The van der Waals surface area contributed by atoms with Crippen molar-refractivity contribution >= 4 is 5.69 Å². The van der Waals surface area contributed by atoms with Gasteiger partial charge in [0.2, 0.25) is 0 Å². The number of benzene rings is 1. The zero-order valence-corrected chi connectivity index (χ0v) is 15.5. The zero-order valence-electron chi connectivity index (χ0n) is 15.5. The molecule has 2 aliphatic rings. The topological polar surface area (TPSA) is 44.7 Å². The molecule has 1 fully saturated rings. The summed E-state index contributed by atoms with van der Waals surface area (Å²) in [6, 6.07) is 6.99. The van der Waals surface area contributed by atoms with Gasteiger partial charge in [-0.25, -0.2) is 0 Å². The third-order valence-electron chi connectivity index (χ3n) is 6.00. The van der Waals surface area contributed by atoms with Crippen LogP contribution in [0.15, 0.2) is 18.2 Å².